The SMILES string of the molecule is COC(=O)c1ccc(NC(=O)CN2C(=O)[C@H]3CCCN3C(=O)c3ccccc32)cc1. The van der Waals surface area contributed by atoms with Crippen molar-refractivity contribution in [2.45, 2.75) is 18.9 Å². The predicted molar refractivity (Wildman–Crippen MR) is 109 cm³/mol. The summed E-state index contributed by atoms with van der Waals surface area (Å²) >= 11 is 0. The Labute approximate surface area is 173 Å². The number of nitrogens with one attached hydrogen (secondary N) is 1. The first kappa shape index (κ1) is 19.6. The number of carbonyl (C=O) groups excluding carboxylic acids is 4. The van der Waals surface area contributed by atoms with E-state index in [1.165, 1.54) is 12.0 Å². The molecule has 0 radical (unpaired) electrons. The first-order valence-electron chi connectivity index (χ1n) is 9.69. The lowest BCUT2D eigenvalue weighted by atomic mass is 10.1. The molecule has 30 heavy (non-hydrogen) atoms. The smallest absolute Gasteiger partial charge is 0.337 e. The van der Waals surface area contributed by atoms with Crippen LogP contribution in [0, 0.1) is 0 Å². The van der Waals surface area contributed by atoms with Crippen LogP contribution in [-0.4, -0.2) is 54.8 Å². The number of carbonyl (C=O) groups is 4. The van der Waals surface area contributed by atoms with E-state index in [-0.39, 0.29) is 18.4 Å². The number of amides is 3. The van der Waals surface area contributed by atoms with E-state index < -0.39 is 17.9 Å². The second-order valence-electron chi connectivity index (χ2n) is 7.22. The maximum atomic E-state index is 13.2. The molecule has 2 aliphatic rings. The Kier molecular flexibility index (Phi) is 5.22. The molecule has 2 heterocycles. The van der Waals surface area contributed by atoms with Crippen LogP contribution >= 0.6 is 0 Å². The highest BCUT2D eigenvalue weighted by molar-refractivity contribution is 6.13. The normalized spacial score (nSPS) is 17.8. The van der Waals surface area contributed by atoms with Crippen LogP contribution in [0.1, 0.15) is 33.6 Å². The molecule has 8 nitrogen and oxygen atoms in total. The van der Waals surface area contributed by atoms with Gasteiger partial charge in [0.05, 0.1) is 23.9 Å². The number of para-hydroxylation sites is 1. The lowest BCUT2D eigenvalue weighted by Crippen LogP contribution is -2.47. The molecule has 3 amide bonds. The number of benzene rings is 2. The van der Waals surface area contributed by atoms with Gasteiger partial charge in [-0.3, -0.25) is 14.4 Å². The molecule has 1 atom stereocenters. The number of nitrogens with zero attached hydrogens (tertiary/aromatic N) is 2. The maximum absolute atomic E-state index is 13.2. The van der Waals surface area contributed by atoms with Crippen LogP contribution in [0.2, 0.25) is 0 Å². The van der Waals surface area contributed by atoms with E-state index in [9.17, 15) is 19.2 Å². The van der Waals surface area contributed by atoms with Crippen molar-refractivity contribution in [1.29, 1.82) is 0 Å². The van der Waals surface area contributed by atoms with Gasteiger partial charge in [-0.05, 0) is 49.2 Å². The third-order valence-corrected chi connectivity index (χ3v) is 5.38. The third-order valence-electron chi connectivity index (χ3n) is 5.38. The summed E-state index contributed by atoms with van der Waals surface area (Å²) in [6.45, 7) is 0.322. The molecule has 4 rings (SSSR count). The quantitative estimate of drug-likeness (QED) is 0.783. The second-order valence-corrected chi connectivity index (χ2v) is 7.22. The Bertz CT molecular complexity index is 1020. The maximum Gasteiger partial charge on any atom is 0.337 e. The van der Waals surface area contributed by atoms with Crippen LogP contribution in [0.5, 0.6) is 0 Å². The van der Waals surface area contributed by atoms with Crippen molar-refractivity contribution in [2.75, 3.05) is 30.4 Å². The summed E-state index contributed by atoms with van der Waals surface area (Å²) in [5.74, 6) is -1.29. The first-order chi connectivity index (χ1) is 14.5. The molecular formula is C22H21N3O5. The molecule has 1 saturated heterocycles. The van der Waals surface area contributed by atoms with Gasteiger partial charge in [0.2, 0.25) is 11.8 Å². The first-order valence-corrected chi connectivity index (χ1v) is 9.69. The molecule has 0 saturated carbocycles. The average molecular weight is 407 g/mol. The minimum Gasteiger partial charge on any atom is -0.465 e. The number of ether oxygens (including phenoxy) is 1. The van der Waals surface area contributed by atoms with Crippen LogP contribution in [0.15, 0.2) is 48.5 Å². The van der Waals surface area contributed by atoms with Gasteiger partial charge in [-0.2, -0.15) is 0 Å². The topological polar surface area (TPSA) is 96.0 Å². The highest BCUT2D eigenvalue weighted by Crippen LogP contribution is 2.32. The average Bonchev–Trinajstić information content (AvgIpc) is 3.24. The van der Waals surface area contributed by atoms with E-state index in [0.29, 0.717) is 35.5 Å². The van der Waals surface area contributed by atoms with Crippen LogP contribution in [0.3, 0.4) is 0 Å². The summed E-state index contributed by atoms with van der Waals surface area (Å²) in [4.78, 5) is 53.3. The molecule has 2 aliphatic heterocycles. The Morgan fingerprint density at radius 3 is 2.57 bits per heavy atom. The molecule has 1 fully saturated rings. The van der Waals surface area contributed by atoms with E-state index in [2.05, 4.69) is 10.1 Å². The Hall–Kier alpha value is -3.68. The standard InChI is InChI=1S/C22H21N3O5/c1-30-22(29)14-8-10-15(11-9-14)23-19(26)13-25-17-6-3-2-5-16(17)20(27)24-12-4-7-18(24)21(25)28/h2-3,5-6,8-11,18H,4,7,12-13H2,1H3,(H,23,26)/t18-/m1/s1. The molecular weight excluding hydrogens is 386 g/mol. The third kappa shape index (κ3) is 3.52. The minimum absolute atomic E-state index is 0.178. The van der Waals surface area contributed by atoms with E-state index in [1.54, 1.807) is 53.4 Å². The van der Waals surface area contributed by atoms with Gasteiger partial charge in [0, 0.05) is 12.2 Å². The van der Waals surface area contributed by atoms with E-state index in [4.69, 9.17) is 0 Å². The molecule has 154 valence electrons. The molecule has 0 spiro atoms. The number of hydrogen-bond acceptors (Lipinski definition) is 5. The zero-order valence-corrected chi connectivity index (χ0v) is 16.5. The largest absolute Gasteiger partial charge is 0.465 e. The van der Waals surface area contributed by atoms with Crippen molar-refractivity contribution >= 4 is 35.1 Å². The summed E-state index contributed by atoms with van der Waals surface area (Å²) in [7, 11) is 1.30. The molecule has 1 N–H and O–H groups in total. The summed E-state index contributed by atoms with van der Waals surface area (Å²) in [5, 5.41) is 2.73. The number of methoxy groups -OCH3 is 1. The minimum atomic E-state index is -0.544. The van der Waals surface area contributed by atoms with Gasteiger partial charge in [-0.25, -0.2) is 4.79 Å². The second kappa shape index (κ2) is 7.98. The molecule has 2 aromatic rings. The molecule has 0 aromatic heterocycles. The van der Waals surface area contributed by atoms with E-state index in [0.717, 1.165) is 6.42 Å². The number of hydrogen-bond donors (Lipinski definition) is 1. The Morgan fingerprint density at radius 1 is 1.10 bits per heavy atom. The van der Waals surface area contributed by atoms with Gasteiger partial charge in [0.1, 0.15) is 12.6 Å². The Morgan fingerprint density at radius 2 is 1.83 bits per heavy atom. The number of fused-ring (bicyclic) bond motifs is 2. The van der Waals surface area contributed by atoms with Crippen LogP contribution in [-0.2, 0) is 14.3 Å². The molecule has 2 aromatic carbocycles. The highest BCUT2D eigenvalue weighted by Gasteiger charge is 2.42. The zero-order valence-electron chi connectivity index (χ0n) is 16.5. The summed E-state index contributed by atoms with van der Waals surface area (Å²) in [5.41, 5.74) is 1.72. The predicted octanol–water partition coefficient (Wildman–Crippen LogP) is 2.06. The van der Waals surface area contributed by atoms with E-state index >= 15 is 0 Å². The summed E-state index contributed by atoms with van der Waals surface area (Å²) in [6, 6.07) is 12.6. The van der Waals surface area contributed by atoms with Crippen molar-refractivity contribution in [2.24, 2.45) is 0 Å². The van der Waals surface area contributed by atoms with Crippen molar-refractivity contribution in [3.8, 4) is 0 Å². The van der Waals surface area contributed by atoms with Crippen LogP contribution in [0.25, 0.3) is 0 Å². The number of rotatable bonds is 4. The highest BCUT2D eigenvalue weighted by atomic mass is 16.5. The number of esters is 1. The Balaban J connectivity index is 1.56. The fourth-order valence-corrected chi connectivity index (χ4v) is 3.92. The number of anilines is 2. The van der Waals surface area contributed by atoms with Crippen LogP contribution in [0.4, 0.5) is 11.4 Å². The monoisotopic (exact) mass is 407 g/mol. The molecule has 8 heteroatoms. The summed E-state index contributed by atoms with van der Waals surface area (Å²) < 4.78 is 4.66. The van der Waals surface area contributed by atoms with Gasteiger partial charge >= 0.3 is 5.97 Å². The molecule has 0 aliphatic carbocycles. The van der Waals surface area contributed by atoms with Gasteiger partial charge < -0.3 is 19.9 Å². The zero-order chi connectivity index (χ0) is 21.3. The fraction of sp³-hybridized carbons (Fsp3) is 0.273. The van der Waals surface area contributed by atoms with Gasteiger partial charge in [-0.1, -0.05) is 12.1 Å². The van der Waals surface area contributed by atoms with Crippen LogP contribution < -0.4 is 10.2 Å². The van der Waals surface area contributed by atoms with E-state index in [1.807, 2.05) is 0 Å². The lowest BCUT2D eigenvalue weighted by molar-refractivity contribution is -0.124. The van der Waals surface area contributed by atoms with Gasteiger partial charge in [-0.15, -0.1) is 0 Å². The fourth-order valence-electron chi connectivity index (χ4n) is 3.92. The van der Waals surface area contributed by atoms with Gasteiger partial charge in [0.25, 0.3) is 5.91 Å². The van der Waals surface area contributed by atoms with Crippen molar-refractivity contribution in [3.05, 3.63) is 59.7 Å². The van der Waals surface area contributed by atoms with Crippen molar-refractivity contribution < 1.29 is 23.9 Å². The summed E-state index contributed by atoms with van der Waals surface area (Å²) in [6.07, 6.45) is 1.35. The van der Waals surface area contributed by atoms with Crippen molar-refractivity contribution in [1.82, 2.24) is 4.90 Å². The molecule has 0 unspecified atom stereocenters. The van der Waals surface area contributed by atoms with Gasteiger partial charge in [0.15, 0.2) is 0 Å². The molecule has 0 bridgehead atoms. The lowest BCUT2D eigenvalue weighted by Gasteiger charge is -2.25. The van der Waals surface area contributed by atoms with Crippen molar-refractivity contribution in [3.63, 3.8) is 0 Å².